The number of fused-ring (bicyclic) bond motifs is 3. The topological polar surface area (TPSA) is 21.3 Å². The van der Waals surface area contributed by atoms with Crippen molar-refractivity contribution >= 4 is 56.9 Å². The fourth-order valence-electron chi connectivity index (χ4n) is 7.37. The quantitative estimate of drug-likeness (QED) is 0.110. The second-order valence-corrected chi connectivity index (χ2v) is 13.7. The molecule has 0 aliphatic carbocycles. The first-order valence-corrected chi connectivity index (χ1v) is 18.6. The van der Waals surface area contributed by atoms with Gasteiger partial charge in [-0.1, -0.05) is 141 Å². The SMILES string of the molecule is Cc1ccc([N+]2=C=[N+](c3[c-]c(Oc4[c-]c([N+]5=C=[N+](c6c(-c7ccccc7)cccc6-c6ccccc6)c6c5ccc5ccccc65)ccc4)ccc3)C=C2)cc1.[Pt+2]. The molecule has 0 unspecified atom stereocenters. The molecule has 2 heterocycles. The van der Waals surface area contributed by atoms with E-state index < -0.39 is 0 Å². The first-order chi connectivity index (χ1) is 27.7. The minimum absolute atomic E-state index is 0. The van der Waals surface area contributed by atoms with E-state index in [9.17, 15) is 0 Å². The van der Waals surface area contributed by atoms with Crippen molar-refractivity contribution < 1.29 is 35.0 Å². The van der Waals surface area contributed by atoms with Gasteiger partial charge in [0, 0.05) is 29.7 Å². The van der Waals surface area contributed by atoms with Gasteiger partial charge >= 0.3 is 38.8 Å². The zero-order chi connectivity index (χ0) is 37.4. The first-order valence-electron chi connectivity index (χ1n) is 18.6. The summed E-state index contributed by atoms with van der Waals surface area (Å²) in [6, 6.07) is 74.9. The molecular weight excluding hydrogens is 880 g/mol. The van der Waals surface area contributed by atoms with E-state index in [0.29, 0.717) is 11.5 Å². The normalized spacial score (nSPS) is 12.6. The summed E-state index contributed by atoms with van der Waals surface area (Å²) in [5, 5.41) is 2.28. The minimum Gasteiger partial charge on any atom is -0.509 e. The molecule has 8 aromatic rings. The summed E-state index contributed by atoms with van der Waals surface area (Å²) in [5.74, 6) is 1.14. The van der Waals surface area contributed by atoms with Crippen molar-refractivity contribution in [2.75, 3.05) is 0 Å². The zero-order valence-electron chi connectivity index (χ0n) is 30.9. The Morgan fingerprint density at radius 2 is 1.07 bits per heavy atom. The monoisotopic (exact) mass is 913 g/mol. The molecule has 6 heteroatoms. The molecule has 0 amide bonds. The van der Waals surface area contributed by atoms with Gasteiger partial charge in [-0.15, -0.1) is 12.1 Å². The Hall–Kier alpha value is -6.99. The Bertz CT molecular complexity index is 2950. The largest absolute Gasteiger partial charge is 2.00 e. The molecule has 270 valence electrons. The van der Waals surface area contributed by atoms with Crippen molar-refractivity contribution in [3.8, 4) is 33.8 Å². The van der Waals surface area contributed by atoms with Crippen molar-refractivity contribution in [2.45, 2.75) is 6.92 Å². The number of para-hydroxylation sites is 1. The van der Waals surface area contributed by atoms with Gasteiger partial charge in [-0.05, 0) is 52.3 Å². The molecule has 0 atom stereocenters. The van der Waals surface area contributed by atoms with Crippen molar-refractivity contribution in [1.82, 2.24) is 9.15 Å². The zero-order valence-corrected chi connectivity index (χ0v) is 33.2. The molecule has 0 bridgehead atoms. The fraction of sp³-hybridized carbons (Fsp3) is 0.0196. The van der Waals surface area contributed by atoms with Crippen LogP contribution in [0.4, 0.5) is 34.1 Å². The van der Waals surface area contributed by atoms with Crippen LogP contribution in [0.3, 0.4) is 0 Å². The number of rotatable bonds is 8. The third-order valence-corrected chi connectivity index (χ3v) is 10.1. The number of aryl methyl sites for hydroxylation is 1. The van der Waals surface area contributed by atoms with Crippen LogP contribution in [-0.2, 0) is 21.1 Å². The Morgan fingerprint density at radius 1 is 0.474 bits per heavy atom. The van der Waals surface area contributed by atoms with Crippen molar-refractivity contribution in [3.05, 3.63) is 206 Å². The van der Waals surface area contributed by atoms with E-state index in [1.807, 2.05) is 57.9 Å². The summed E-state index contributed by atoms with van der Waals surface area (Å²) < 4.78 is 14.7. The van der Waals surface area contributed by atoms with Crippen molar-refractivity contribution in [3.63, 3.8) is 0 Å². The first kappa shape index (κ1) is 35.7. The third kappa shape index (κ3) is 6.82. The molecular formula is C51H34N4OPt+4. The van der Waals surface area contributed by atoms with Crippen LogP contribution in [0.2, 0.25) is 0 Å². The summed E-state index contributed by atoms with van der Waals surface area (Å²) in [7, 11) is 0. The summed E-state index contributed by atoms with van der Waals surface area (Å²) >= 11 is 0. The van der Waals surface area contributed by atoms with Gasteiger partial charge in [0.1, 0.15) is 11.4 Å². The van der Waals surface area contributed by atoms with Crippen molar-refractivity contribution in [2.24, 2.45) is 0 Å². The average molecular weight is 914 g/mol. The van der Waals surface area contributed by atoms with E-state index in [1.165, 1.54) is 5.56 Å². The van der Waals surface area contributed by atoms with Gasteiger partial charge in [0.25, 0.3) is 18.1 Å². The summed E-state index contributed by atoms with van der Waals surface area (Å²) in [6.45, 7) is 2.09. The molecule has 10 rings (SSSR count). The maximum absolute atomic E-state index is 6.46. The molecule has 2 aliphatic heterocycles. The van der Waals surface area contributed by atoms with Crippen molar-refractivity contribution in [1.29, 1.82) is 0 Å². The van der Waals surface area contributed by atoms with Crippen LogP contribution in [-0.4, -0.2) is 21.2 Å². The van der Waals surface area contributed by atoms with E-state index in [1.54, 1.807) is 0 Å². The van der Waals surface area contributed by atoms with Gasteiger partial charge in [0.05, 0.1) is 16.5 Å². The second-order valence-electron chi connectivity index (χ2n) is 13.7. The van der Waals surface area contributed by atoms with E-state index in [0.717, 1.165) is 67.2 Å². The molecule has 5 nitrogen and oxygen atoms in total. The van der Waals surface area contributed by atoms with Gasteiger partial charge in [0.2, 0.25) is 11.4 Å². The molecule has 0 saturated carbocycles. The maximum atomic E-state index is 6.46. The molecule has 2 aliphatic rings. The van der Waals surface area contributed by atoms with Gasteiger partial charge < -0.3 is 4.74 Å². The number of benzene rings is 8. The molecule has 0 saturated heterocycles. The molecule has 0 fully saturated rings. The summed E-state index contributed by atoms with van der Waals surface area (Å²) in [5.41, 5.74) is 11.5. The maximum Gasteiger partial charge on any atom is 2.00 e. The van der Waals surface area contributed by atoms with Crippen LogP contribution in [0.15, 0.2) is 188 Å². The standard InChI is InChI=1S/C51H34N4O.Pt/c1-37-25-28-41(29-26-37)52-31-32-53(35-52)42-18-10-20-44(33-42)56-45-21-11-19-43(34-45)54-36-55(51-48-22-9-8-17-40(48)27-30-49(51)54)50-46(38-13-4-2-5-14-38)23-12-24-47(50)39-15-6-3-7-16-39;/h2-32H,1H3;/q2*+2. The summed E-state index contributed by atoms with van der Waals surface area (Å²) in [6.07, 6.45) is 3.95. The number of hydrogen-bond acceptors (Lipinski definition) is 1. The fourth-order valence-corrected chi connectivity index (χ4v) is 7.37. The molecule has 57 heavy (non-hydrogen) atoms. The summed E-state index contributed by atoms with van der Waals surface area (Å²) in [4.78, 5) is 0. The van der Waals surface area contributed by atoms with Crippen LogP contribution in [0.25, 0.3) is 33.0 Å². The van der Waals surface area contributed by atoms with Crippen LogP contribution in [0.5, 0.6) is 11.5 Å². The third-order valence-electron chi connectivity index (χ3n) is 10.1. The number of ether oxygens (including phenoxy) is 1. The average Bonchev–Trinajstić information content (AvgIpc) is 3.91. The smallest absolute Gasteiger partial charge is 0.509 e. The molecule has 0 spiro atoms. The number of nitrogens with zero attached hydrogens (tertiary/aromatic N) is 4. The van der Waals surface area contributed by atoms with Crippen LogP contribution in [0.1, 0.15) is 5.56 Å². The van der Waals surface area contributed by atoms with E-state index in [4.69, 9.17) is 4.74 Å². The van der Waals surface area contributed by atoms with Crippen LogP contribution < -0.4 is 13.9 Å². The minimum atomic E-state index is 0. The van der Waals surface area contributed by atoms with E-state index in [2.05, 4.69) is 180 Å². The van der Waals surface area contributed by atoms with E-state index in [-0.39, 0.29) is 21.1 Å². The van der Waals surface area contributed by atoms with Gasteiger partial charge in [-0.3, -0.25) is 0 Å². The Morgan fingerprint density at radius 3 is 1.77 bits per heavy atom. The van der Waals surface area contributed by atoms with Gasteiger partial charge in [-0.25, -0.2) is 0 Å². The Labute approximate surface area is 346 Å². The van der Waals surface area contributed by atoms with Gasteiger partial charge in [-0.2, -0.15) is 12.1 Å². The van der Waals surface area contributed by atoms with Crippen LogP contribution >= 0.6 is 0 Å². The second kappa shape index (κ2) is 15.3. The van der Waals surface area contributed by atoms with Gasteiger partial charge in [0.15, 0.2) is 0 Å². The molecule has 0 N–H and O–H groups in total. The molecule has 0 aromatic heterocycles. The number of hydrogen-bond donors (Lipinski definition) is 0. The predicted octanol–water partition coefficient (Wildman–Crippen LogP) is 12.4. The van der Waals surface area contributed by atoms with E-state index >= 15 is 0 Å². The Kier molecular flexibility index (Phi) is 9.56. The molecule has 8 aromatic carbocycles. The molecule has 0 radical (unpaired) electrons. The predicted molar refractivity (Wildman–Crippen MR) is 225 cm³/mol. The Balaban J connectivity index is 0.00000422. The van der Waals surface area contributed by atoms with Crippen LogP contribution in [0, 0.1) is 19.1 Å².